The van der Waals surface area contributed by atoms with Crippen LogP contribution in [0.5, 0.6) is 0 Å². The molecule has 0 aliphatic carbocycles. The summed E-state index contributed by atoms with van der Waals surface area (Å²) in [7, 11) is 0. The van der Waals surface area contributed by atoms with Crippen molar-refractivity contribution < 1.29 is 9.90 Å². The van der Waals surface area contributed by atoms with Crippen LogP contribution in [0.25, 0.3) is 0 Å². The Morgan fingerprint density at radius 1 is 1.58 bits per heavy atom. The van der Waals surface area contributed by atoms with Gasteiger partial charge in [0.05, 0.1) is 0 Å². The van der Waals surface area contributed by atoms with E-state index in [9.17, 15) is 4.79 Å². The largest absolute Gasteiger partial charge is 0.374 e. The van der Waals surface area contributed by atoms with Crippen molar-refractivity contribution in [1.29, 1.82) is 0 Å². The summed E-state index contributed by atoms with van der Waals surface area (Å²) < 4.78 is 0. The van der Waals surface area contributed by atoms with Crippen LogP contribution in [-0.4, -0.2) is 48.4 Å². The average Bonchev–Trinajstić information content (AvgIpc) is 2.05. The van der Waals surface area contributed by atoms with E-state index in [0.717, 1.165) is 13.1 Å². The predicted octanol–water partition coefficient (Wildman–Crippen LogP) is -1.25. The molecular formula is C7H14N3O2. The molecule has 1 aliphatic rings. The molecule has 1 atom stereocenters. The number of nitrogens with one attached hydrogen (secondary N) is 2. The lowest BCUT2D eigenvalue weighted by Crippen LogP contribution is -2.51. The van der Waals surface area contributed by atoms with Crippen molar-refractivity contribution in [1.82, 2.24) is 15.5 Å². The number of carbonyl (C=O) groups excluding carboxylic acids is 1. The lowest BCUT2D eigenvalue weighted by molar-refractivity contribution is 0.148. The zero-order valence-electron chi connectivity index (χ0n) is 6.92. The Labute approximate surface area is 71.7 Å². The van der Waals surface area contributed by atoms with Crippen LogP contribution in [0.4, 0.5) is 4.79 Å². The number of aliphatic hydroxyl groups is 1. The second-order valence-corrected chi connectivity index (χ2v) is 2.70. The van der Waals surface area contributed by atoms with Crippen molar-refractivity contribution in [3.8, 4) is 0 Å². The summed E-state index contributed by atoms with van der Waals surface area (Å²) in [6.45, 7) is 6.23. The van der Waals surface area contributed by atoms with Gasteiger partial charge in [-0.05, 0) is 6.92 Å². The molecule has 5 heteroatoms. The summed E-state index contributed by atoms with van der Waals surface area (Å²) in [6.07, 6.45) is -1.02. The number of amides is 2. The number of rotatable bonds is 1. The van der Waals surface area contributed by atoms with Crippen LogP contribution < -0.4 is 10.6 Å². The summed E-state index contributed by atoms with van der Waals surface area (Å²) in [5, 5.41) is 14.2. The molecule has 1 rings (SSSR count). The maximum absolute atomic E-state index is 11.2. The minimum atomic E-state index is -1.02. The molecule has 0 bridgehead atoms. The first kappa shape index (κ1) is 9.28. The maximum Gasteiger partial charge on any atom is 0.319 e. The van der Waals surface area contributed by atoms with Crippen molar-refractivity contribution in [3.05, 3.63) is 6.92 Å². The molecule has 2 amide bonds. The molecule has 0 aromatic rings. The van der Waals surface area contributed by atoms with E-state index >= 15 is 0 Å². The Morgan fingerprint density at radius 2 is 2.17 bits per heavy atom. The molecule has 12 heavy (non-hydrogen) atoms. The van der Waals surface area contributed by atoms with Gasteiger partial charge in [0, 0.05) is 26.2 Å². The molecule has 1 radical (unpaired) electrons. The summed E-state index contributed by atoms with van der Waals surface area (Å²) >= 11 is 0. The van der Waals surface area contributed by atoms with Gasteiger partial charge in [-0.1, -0.05) is 0 Å². The van der Waals surface area contributed by atoms with Crippen LogP contribution in [0.1, 0.15) is 0 Å². The van der Waals surface area contributed by atoms with Crippen LogP contribution in [0.15, 0.2) is 0 Å². The zero-order valence-corrected chi connectivity index (χ0v) is 6.92. The van der Waals surface area contributed by atoms with Crippen molar-refractivity contribution in [2.45, 2.75) is 6.23 Å². The van der Waals surface area contributed by atoms with E-state index in [1.54, 1.807) is 4.90 Å². The quantitative estimate of drug-likeness (QED) is 0.433. The molecule has 1 aliphatic heterocycles. The first-order chi connectivity index (χ1) is 5.70. The third-order valence-corrected chi connectivity index (χ3v) is 1.69. The smallest absolute Gasteiger partial charge is 0.319 e. The van der Waals surface area contributed by atoms with Gasteiger partial charge in [0.15, 0.2) is 0 Å². The van der Waals surface area contributed by atoms with Crippen LogP contribution >= 0.6 is 0 Å². The fraction of sp³-hybridized carbons (Fsp3) is 0.714. The Balaban J connectivity index is 2.30. The second-order valence-electron chi connectivity index (χ2n) is 2.70. The van der Waals surface area contributed by atoms with E-state index in [0.29, 0.717) is 13.1 Å². The minimum absolute atomic E-state index is 0.251. The van der Waals surface area contributed by atoms with E-state index in [2.05, 4.69) is 17.6 Å². The summed E-state index contributed by atoms with van der Waals surface area (Å²) in [6, 6.07) is -0.251. The van der Waals surface area contributed by atoms with Gasteiger partial charge in [-0.15, -0.1) is 0 Å². The number of carbonyl (C=O) groups is 1. The van der Waals surface area contributed by atoms with E-state index in [1.807, 2.05) is 0 Å². The Morgan fingerprint density at radius 3 is 2.67 bits per heavy atom. The molecule has 1 saturated heterocycles. The van der Waals surface area contributed by atoms with Crippen LogP contribution in [0.3, 0.4) is 0 Å². The number of nitrogens with zero attached hydrogens (tertiary/aromatic N) is 1. The molecule has 0 saturated carbocycles. The number of hydrogen-bond donors (Lipinski definition) is 3. The molecule has 0 aromatic carbocycles. The van der Waals surface area contributed by atoms with Crippen molar-refractivity contribution in [2.24, 2.45) is 0 Å². The highest BCUT2D eigenvalue weighted by atomic mass is 16.3. The fourth-order valence-electron chi connectivity index (χ4n) is 1.10. The summed E-state index contributed by atoms with van der Waals surface area (Å²) in [5.74, 6) is 0. The topological polar surface area (TPSA) is 64.6 Å². The molecule has 3 N–H and O–H groups in total. The Bertz CT molecular complexity index is 155. The molecule has 1 heterocycles. The van der Waals surface area contributed by atoms with Crippen LogP contribution in [-0.2, 0) is 0 Å². The highest BCUT2D eigenvalue weighted by molar-refractivity contribution is 5.74. The van der Waals surface area contributed by atoms with Gasteiger partial charge in [0.25, 0.3) is 0 Å². The zero-order chi connectivity index (χ0) is 8.97. The fourth-order valence-corrected chi connectivity index (χ4v) is 1.10. The predicted molar refractivity (Wildman–Crippen MR) is 44.3 cm³/mol. The number of hydrogen-bond acceptors (Lipinski definition) is 3. The monoisotopic (exact) mass is 172 g/mol. The van der Waals surface area contributed by atoms with E-state index in [-0.39, 0.29) is 6.03 Å². The lowest BCUT2D eigenvalue weighted by atomic mass is 10.4. The molecule has 69 valence electrons. The maximum atomic E-state index is 11.2. The van der Waals surface area contributed by atoms with Gasteiger partial charge in [-0.3, -0.25) is 0 Å². The minimum Gasteiger partial charge on any atom is -0.374 e. The molecule has 1 unspecified atom stereocenters. The number of urea groups is 1. The molecule has 5 nitrogen and oxygen atoms in total. The lowest BCUT2D eigenvalue weighted by Gasteiger charge is -2.27. The number of aliphatic hydroxyl groups excluding tert-OH is 1. The average molecular weight is 172 g/mol. The Hall–Kier alpha value is -0.810. The van der Waals surface area contributed by atoms with Gasteiger partial charge in [-0.2, -0.15) is 0 Å². The Kier molecular flexibility index (Phi) is 3.31. The van der Waals surface area contributed by atoms with Gasteiger partial charge < -0.3 is 20.6 Å². The first-order valence-electron chi connectivity index (χ1n) is 3.97. The standard InChI is InChI=1S/C7H14N3O2/c1-6(11)9-7(12)10-4-2-8-3-5-10/h6,8,11H,1-5H2,(H,9,12). The summed E-state index contributed by atoms with van der Waals surface area (Å²) in [5.41, 5.74) is 0. The van der Waals surface area contributed by atoms with Gasteiger partial charge in [-0.25, -0.2) is 4.79 Å². The highest BCUT2D eigenvalue weighted by Gasteiger charge is 2.16. The normalized spacial score (nSPS) is 20.3. The molecular weight excluding hydrogens is 158 g/mol. The van der Waals surface area contributed by atoms with E-state index in [4.69, 9.17) is 5.11 Å². The van der Waals surface area contributed by atoms with Crippen molar-refractivity contribution in [2.75, 3.05) is 26.2 Å². The molecule has 0 aromatic heterocycles. The van der Waals surface area contributed by atoms with Crippen molar-refractivity contribution >= 4 is 6.03 Å². The van der Waals surface area contributed by atoms with E-state index in [1.165, 1.54) is 0 Å². The third kappa shape index (κ3) is 2.67. The summed E-state index contributed by atoms with van der Waals surface area (Å²) in [4.78, 5) is 12.8. The highest BCUT2D eigenvalue weighted by Crippen LogP contribution is 1.92. The van der Waals surface area contributed by atoms with Gasteiger partial charge in [0.2, 0.25) is 0 Å². The van der Waals surface area contributed by atoms with Crippen molar-refractivity contribution in [3.63, 3.8) is 0 Å². The van der Waals surface area contributed by atoms with Crippen LogP contribution in [0, 0.1) is 6.92 Å². The SMILES string of the molecule is [CH2]C(O)NC(=O)N1CCNCC1. The van der Waals surface area contributed by atoms with Gasteiger partial charge in [0.1, 0.15) is 6.23 Å². The number of piperazine rings is 1. The van der Waals surface area contributed by atoms with Crippen LogP contribution in [0.2, 0.25) is 0 Å². The van der Waals surface area contributed by atoms with E-state index < -0.39 is 6.23 Å². The second kappa shape index (κ2) is 4.27. The van der Waals surface area contributed by atoms with Gasteiger partial charge >= 0.3 is 6.03 Å². The first-order valence-corrected chi connectivity index (χ1v) is 3.97. The molecule has 0 spiro atoms. The third-order valence-electron chi connectivity index (χ3n) is 1.69. The molecule has 1 fully saturated rings.